The summed E-state index contributed by atoms with van der Waals surface area (Å²) in [5.41, 5.74) is 12.4. The second-order valence-corrected chi connectivity index (χ2v) is 12.1. The molecular weight excluding hydrogens is 583 g/mol. The monoisotopic (exact) mass is 613 g/mol. The van der Waals surface area contributed by atoms with Crippen LogP contribution in [0.25, 0.3) is 55.3 Å². The van der Waals surface area contributed by atoms with Crippen LogP contribution in [0.4, 0.5) is 17.1 Å². The van der Waals surface area contributed by atoms with Crippen molar-refractivity contribution in [2.24, 2.45) is 0 Å². The number of hydrogen-bond donors (Lipinski definition) is 0. The van der Waals surface area contributed by atoms with Crippen LogP contribution in [0.5, 0.6) is 11.5 Å². The summed E-state index contributed by atoms with van der Waals surface area (Å²) in [4.78, 5) is 2.39. The van der Waals surface area contributed by atoms with Gasteiger partial charge in [0.05, 0.1) is 5.69 Å². The third-order valence-corrected chi connectivity index (χ3v) is 9.25. The fourth-order valence-corrected chi connectivity index (χ4v) is 7.00. The van der Waals surface area contributed by atoms with E-state index in [2.05, 4.69) is 193 Å². The first kappa shape index (κ1) is 27.9. The predicted molar refractivity (Wildman–Crippen MR) is 200 cm³/mol. The van der Waals surface area contributed by atoms with Gasteiger partial charge < -0.3 is 9.64 Å². The zero-order valence-electron chi connectivity index (χ0n) is 26.3. The van der Waals surface area contributed by atoms with Crippen molar-refractivity contribution >= 4 is 27.8 Å². The van der Waals surface area contributed by atoms with E-state index in [9.17, 15) is 0 Å². The van der Waals surface area contributed by atoms with Gasteiger partial charge in [-0.3, -0.25) is 0 Å². The molecule has 0 unspecified atom stereocenters. The van der Waals surface area contributed by atoms with E-state index in [0.29, 0.717) is 0 Å². The molecule has 9 rings (SSSR count). The number of para-hydroxylation sites is 2. The lowest BCUT2D eigenvalue weighted by atomic mass is 9.87. The molecule has 1 aliphatic rings. The standard InChI is InChI=1S/C46H31NO/c1-4-14-32(15-5-1)34-24-27-38(28-25-34)47(37-19-8-3-9-20-37)42-30-36-18-10-11-21-39(36)45-40-22-12-13-23-43(40)48-44-31-35(26-29-41(44)46(42)45)33-16-6-2-7-17-33/h1-31H. The number of rotatable bonds is 5. The van der Waals surface area contributed by atoms with Crippen LogP contribution < -0.4 is 9.64 Å². The van der Waals surface area contributed by atoms with Crippen LogP contribution in [-0.2, 0) is 0 Å². The summed E-state index contributed by atoms with van der Waals surface area (Å²) >= 11 is 0. The molecule has 1 heterocycles. The first-order chi connectivity index (χ1) is 23.8. The second-order valence-electron chi connectivity index (χ2n) is 12.1. The largest absolute Gasteiger partial charge is 0.456 e. The normalized spacial score (nSPS) is 11.5. The van der Waals surface area contributed by atoms with Crippen molar-refractivity contribution in [2.75, 3.05) is 4.90 Å². The molecule has 0 aromatic heterocycles. The molecule has 0 fully saturated rings. The van der Waals surface area contributed by atoms with Crippen molar-refractivity contribution in [2.45, 2.75) is 0 Å². The van der Waals surface area contributed by atoms with Crippen LogP contribution in [-0.4, -0.2) is 0 Å². The number of ether oxygens (including phenoxy) is 1. The van der Waals surface area contributed by atoms with Crippen molar-refractivity contribution in [1.82, 2.24) is 0 Å². The average molecular weight is 614 g/mol. The topological polar surface area (TPSA) is 12.5 Å². The van der Waals surface area contributed by atoms with Gasteiger partial charge in [0.15, 0.2) is 0 Å². The minimum absolute atomic E-state index is 0.839. The third kappa shape index (κ3) is 4.83. The fourth-order valence-electron chi connectivity index (χ4n) is 7.00. The summed E-state index contributed by atoms with van der Waals surface area (Å²) < 4.78 is 6.89. The molecule has 0 atom stereocenters. The van der Waals surface area contributed by atoms with E-state index in [0.717, 1.165) is 56.4 Å². The Bertz CT molecular complexity index is 2400. The molecule has 0 saturated carbocycles. The van der Waals surface area contributed by atoms with Crippen molar-refractivity contribution in [3.63, 3.8) is 0 Å². The summed E-state index contributed by atoms with van der Waals surface area (Å²) in [6.07, 6.45) is 0. The fraction of sp³-hybridized carbons (Fsp3) is 0. The summed E-state index contributed by atoms with van der Waals surface area (Å²) in [7, 11) is 0. The van der Waals surface area contributed by atoms with Crippen LogP contribution in [0.15, 0.2) is 188 Å². The van der Waals surface area contributed by atoms with Crippen LogP contribution in [0.2, 0.25) is 0 Å². The minimum Gasteiger partial charge on any atom is -0.456 e. The van der Waals surface area contributed by atoms with Gasteiger partial charge in [-0.05, 0) is 81.6 Å². The summed E-state index contributed by atoms with van der Waals surface area (Å²) in [5.74, 6) is 1.69. The van der Waals surface area contributed by atoms with E-state index in [1.165, 1.54) is 27.5 Å². The van der Waals surface area contributed by atoms with Gasteiger partial charge >= 0.3 is 0 Å². The molecule has 1 aliphatic heterocycles. The Hall–Kier alpha value is -6.38. The van der Waals surface area contributed by atoms with E-state index in [1.54, 1.807) is 0 Å². The van der Waals surface area contributed by atoms with E-state index in [4.69, 9.17) is 4.74 Å². The quantitative estimate of drug-likeness (QED) is 0.191. The molecule has 0 saturated heterocycles. The molecule has 0 bridgehead atoms. The Balaban J connectivity index is 1.35. The smallest absolute Gasteiger partial charge is 0.136 e. The summed E-state index contributed by atoms with van der Waals surface area (Å²) in [5, 5.41) is 2.37. The molecule has 8 aromatic carbocycles. The van der Waals surface area contributed by atoms with E-state index >= 15 is 0 Å². The molecule has 2 nitrogen and oxygen atoms in total. The van der Waals surface area contributed by atoms with Crippen LogP contribution in [0.3, 0.4) is 0 Å². The van der Waals surface area contributed by atoms with Gasteiger partial charge in [-0.15, -0.1) is 0 Å². The molecule has 226 valence electrons. The Morgan fingerprint density at radius 3 is 1.65 bits per heavy atom. The molecule has 48 heavy (non-hydrogen) atoms. The number of hydrogen-bond acceptors (Lipinski definition) is 2. The lowest BCUT2D eigenvalue weighted by Gasteiger charge is -2.30. The van der Waals surface area contributed by atoms with Gasteiger partial charge in [-0.1, -0.05) is 140 Å². The molecule has 0 radical (unpaired) electrons. The number of benzene rings is 8. The van der Waals surface area contributed by atoms with Crippen molar-refractivity contribution < 1.29 is 4.74 Å². The van der Waals surface area contributed by atoms with Crippen molar-refractivity contribution in [3.8, 4) is 56.0 Å². The Morgan fingerprint density at radius 2 is 0.896 bits per heavy atom. The van der Waals surface area contributed by atoms with E-state index in [-0.39, 0.29) is 0 Å². The van der Waals surface area contributed by atoms with Crippen LogP contribution in [0, 0.1) is 0 Å². The zero-order chi connectivity index (χ0) is 31.9. The van der Waals surface area contributed by atoms with Gasteiger partial charge in [0, 0.05) is 33.6 Å². The highest BCUT2D eigenvalue weighted by atomic mass is 16.5. The van der Waals surface area contributed by atoms with E-state index in [1.807, 2.05) is 0 Å². The van der Waals surface area contributed by atoms with Gasteiger partial charge in [0.25, 0.3) is 0 Å². The lowest BCUT2D eigenvalue weighted by molar-refractivity contribution is 0.488. The van der Waals surface area contributed by atoms with Gasteiger partial charge in [0.1, 0.15) is 11.5 Å². The third-order valence-electron chi connectivity index (χ3n) is 9.25. The molecule has 2 heteroatoms. The van der Waals surface area contributed by atoms with Crippen LogP contribution >= 0.6 is 0 Å². The number of nitrogens with zero attached hydrogens (tertiary/aromatic N) is 1. The number of fused-ring (bicyclic) bond motifs is 7. The average Bonchev–Trinajstić information content (AvgIpc) is 3.31. The van der Waals surface area contributed by atoms with Gasteiger partial charge in [0.2, 0.25) is 0 Å². The number of anilines is 3. The maximum absolute atomic E-state index is 6.89. The highest BCUT2D eigenvalue weighted by Gasteiger charge is 2.29. The SMILES string of the molecule is c1ccc(-c2ccc(N(c3ccccc3)c3cc4ccccc4c4c3-c3ccc(-c5ccccc5)cc3Oc3ccccc3-4)cc2)cc1. The van der Waals surface area contributed by atoms with Crippen LogP contribution in [0.1, 0.15) is 0 Å². The Morgan fingerprint density at radius 1 is 0.354 bits per heavy atom. The zero-order valence-corrected chi connectivity index (χ0v) is 26.3. The van der Waals surface area contributed by atoms with Crippen molar-refractivity contribution in [1.29, 1.82) is 0 Å². The van der Waals surface area contributed by atoms with E-state index < -0.39 is 0 Å². The second kappa shape index (κ2) is 11.8. The summed E-state index contributed by atoms with van der Waals surface area (Å²) in [6.45, 7) is 0. The highest BCUT2D eigenvalue weighted by Crippen LogP contribution is 2.55. The summed E-state index contributed by atoms with van der Waals surface area (Å²) in [6, 6.07) is 66.8. The molecule has 0 N–H and O–H groups in total. The molecular formula is C46H31NO. The van der Waals surface area contributed by atoms with Gasteiger partial charge in [-0.2, -0.15) is 0 Å². The highest BCUT2D eigenvalue weighted by molar-refractivity contribution is 6.13. The maximum atomic E-state index is 6.89. The van der Waals surface area contributed by atoms with Crippen molar-refractivity contribution in [3.05, 3.63) is 188 Å². The molecule has 0 amide bonds. The Kier molecular flexibility index (Phi) is 6.84. The van der Waals surface area contributed by atoms with Gasteiger partial charge in [-0.25, -0.2) is 0 Å². The molecule has 8 aromatic rings. The lowest BCUT2D eigenvalue weighted by Crippen LogP contribution is -2.12. The first-order valence-corrected chi connectivity index (χ1v) is 16.4. The Labute approximate surface area is 280 Å². The minimum atomic E-state index is 0.839. The first-order valence-electron chi connectivity index (χ1n) is 16.4. The maximum Gasteiger partial charge on any atom is 0.136 e. The molecule has 0 spiro atoms. The predicted octanol–water partition coefficient (Wildman–Crippen LogP) is 13.1. The molecule has 0 aliphatic carbocycles.